The third-order valence-corrected chi connectivity index (χ3v) is 6.87. The van der Waals surface area contributed by atoms with E-state index in [1.807, 2.05) is 14.0 Å². The number of carbonyl (C=O) groups is 1. The zero-order valence-corrected chi connectivity index (χ0v) is 20.5. The maximum atomic E-state index is 13.5. The summed E-state index contributed by atoms with van der Waals surface area (Å²) in [7, 11) is 0.917. The topological polar surface area (TPSA) is 114 Å². The van der Waals surface area contributed by atoms with Crippen molar-refractivity contribution in [1.82, 2.24) is 14.3 Å². The Kier molecular flexibility index (Phi) is 7.48. The van der Waals surface area contributed by atoms with Crippen LogP contribution in [-0.2, 0) is 14.8 Å². The molecule has 182 valence electrons. The van der Waals surface area contributed by atoms with Gasteiger partial charge in [-0.2, -0.15) is 0 Å². The molecule has 2 aromatic rings. The Hall–Kier alpha value is -2.86. The van der Waals surface area contributed by atoms with Gasteiger partial charge in [-0.25, -0.2) is 18.2 Å². The monoisotopic (exact) mass is 481 g/mol. The van der Waals surface area contributed by atoms with Crippen molar-refractivity contribution in [3.05, 3.63) is 28.3 Å². The summed E-state index contributed by atoms with van der Waals surface area (Å²) in [5, 5.41) is 0. The molecule has 0 amide bonds. The fourth-order valence-corrected chi connectivity index (χ4v) is 4.02. The molecule has 1 aliphatic rings. The largest absolute Gasteiger partial charge is 0.486 e. The van der Waals surface area contributed by atoms with Gasteiger partial charge in [-0.3, -0.25) is 13.5 Å². The van der Waals surface area contributed by atoms with Crippen LogP contribution in [0.4, 0.5) is 11.4 Å². The molecule has 3 heterocycles. The molecule has 1 aliphatic heterocycles. The van der Waals surface area contributed by atoms with Gasteiger partial charge in [0.1, 0.15) is 0 Å². The number of unbranched alkanes of at least 4 members (excludes halogenated alkanes) is 1. The highest BCUT2D eigenvalue weighted by atomic mass is 32.2. The van der Waals surface area contributed by atoms with E-state index in [4.69, 9.17) is 9.47 Å². The summed E-state index contributed by atoms with van der Waals surface area (Å²) in [6, 6.07) is 1.67. The first-order chi connectivity index (χ1) is 15.6. The zero-order valence-electron chi connectivity index (χ0n) is 19.7. The van der Waals surface area contributed by atoms with E-state index in [1.165, 1.54) is 18.6 Å². The van der Waals surface area contributed by atoms with Crippen LogP contribution >= 0.6 is 0 Å². The molecule has 33 heavy (non-hydrogen) atoms. The van der Waals surface area contributed by atoms with Crippen molar-refractivity contribution in [2.75, 3.05) is 69.5 Å². The molecular weight excluding hydrogens is 450 g/mol. The lowest BCUT2D eigenvalue weighted by Crippen LogP contribution is -2.44. The lowest BCUT2D eigenvalue weighted by atomic mass is 10.2. The molecule has 0 aliphatic carbocycles. The Balaban J connectivity index is 2.29. The summed E-state index contributed by atoms with van der Waals surface area (Å²) >= 11 is 0. The summed E-state index contributed by atoms with van der Waals surface area (Å²) in [6.45, 7) is 5.30. The molecule has 11 nitrogen and oxygen atoms in total. The van der Waals surface area contributed by atoms with E-state index in [2.05, 4.69) is 14.8 Å². The fourth-order valence-electron chi connectivity index (χ4n) is 3.52. The molecule has 0 unspecified atom stereocenters. The highest BCUT2D eigenvalue weighted by Gasteiger charge is 2.27. The van der Waals surface area contributed by atoms with Gasteiger partial charge in [0.15, 0.2) is 11.3 Å². The van der Waals surface area contributed by atoms with Crippen molar-refractivity contribution in [3.63, 3.8) is 0 Å². The molecular formula is C21H31N5O6S. The molecule has 0 atom stereocenters. The summed E-state index contributed by atoms with van der Waals surface area (Å²) in [5.74, 6) is -1.05. The number of aromatic nitrogens is 2. The van der Waals surface area contributed by atoms with Crippen molar-refractivity contribution in [2.45, 2.75) is 19.8 Å². The molecule has 1 fully saturated rings. The molecule has 0 saturated carbocycles. The van der Waals surface area contributed by atoms with Crippen LogP contribution in [0.5, 0.6) is 5.75 Å². The van der Waals surface area contributed by atoms with Crippen LogP contribution in [0, 0.1) is 0 Å². The molecule has 0 radical (unpaired) electrons. The summed E-state index contributed by atoms with van der Waals surface area (Å²) < 4.78 is 37.5. The number of hydrogen-bond acceptors (Lipinski definition) is 9. The van der Waals surface area contributed by atoms with E-state index in [0.717, 1.165) is 30.1 Å². The lowest BCUT2D eigenvalue weighted by Gasteiger charge is -2.34. The zero-order chi connectivity index (χ0) is 24.3. The minimum Gasteiger partial charge on any atom is -0.486 e. The molecule has 0 bridgehead atoms. The number of likely N-dealkylation sites (N-methyl/N-ethyl adjacent to an activating group) is 1. The minimum absolute atomic E-state index is 0.0223. The van der Waals surface area contributed by atoms with Crippen molar-refractivity contribution in [1.29, 1.82) is 0 Å². The van der Waals surface area contributed by atoms with E-state index in [0.29, 0.717) is 25.2 Å². The Morgan fingerprint density at radius 1 is 1.24 bits per heavy atom. The SMILES string of the molecule is CCCCOc1c(C(=O)OC)nc2c(N(C)S(C)(=O)=O)cc(N3CCN(C)CC3)cn2c1=O. The summed E-state index contributed by atoms with van der Waals surface area (Å²) in [6.07, 6.45) is 4.20. The van der Waals surface area contributed by atoms with Crippen molar-refractivity contribution in [2.24, 2.45) is 0 Å². The highest BCUT2D eigenvalue weighted by Crippen LogP contribution is 2.29. The van der Waals surface area contributed by atoms with Gasteiger partial charge in [0.2, 0.25) is 15.8 Å². The number of pyridine rings is 1. The first-order valence-electron chi connectivity index (χ1n) is 10.8. The standard InChI is InChI=1S/C21H31N5O6S/c1-6-7-12-32-18-17(21(28)31-4)22-19-16(24(3)33(5,29)30)13-15(14-26(19)20(18)27)25-10-8-23(2)9-11-25/h13-14H,6-12H2,1-5H3. The van der Waals surface area contributed by atoms with Gasteiger partial charge in [-0.15, -0.1) is 0 Å². The Morgan fingerprint density at radius 2 is 1.91 bits per heavy atom. The van der Waals surface area contributed by atoms with Gasteiger partial charge >= 0.3 is 11.5 Å². The molecule has 0 aromatic carbocycles. The van der Waals surface area contributed by atoms with Crippen molar-refractivity contribution in [3.8, 4) is 5.75 Å². The predicted octanol–water partition coefficient (Wildman–Crippen LogP) is 0.808. The number of sulfonamides is 1. The fraction of sp³-hybridized carbons (Fsp3) is 0.571. The smallest absolute Gasteiger partial charge is 0.360 e. The van der Waals surface area contributed by atoms with E-state index >= 15 is 0 Å². The first kappa shape index (κ1) is 24.8. The Morgan fingerprint density at radius 3 is 2.48 bits per heavy atom. The Labute approximate surface area is 193 Å². The highest BCUT2D eigenvalue weighted by molar-refractivity contribution is 7.92. The molecule has 0 N–H and O–H groups in total. The Bertz CT molecular complexity index is 1190. The second kappa shape index (κ2) is 9.96. The van der Waals surface area contributed by atoms with Crippen LogP contribution < -0.4 is 19.5 Å². The van der Waals surface area contributed by atoms with Crippen LogP contribution in [0.25, 0.3) is 5.65 Å². The van der Waals surface area contributed by atoms with Crippen LogP contribution in [0.15, 0.2) is 17.1 Å². The molecule has 1 saturated heterocycles. The van der Waals surface area contributed by atoms with Gasteiger partial charge in [-0.05, 0) is 19.5 Å². The molecule has 0 spiro atoms. The average Bonchev–Trinajstić information content (AvgIpc) is 2.78. The number of ether oxygens (including phenoxy) is 2. The third kappa shape index (κ3) is 5.22. The second-order valence-corrected chi connectivity index (χ2v) is 10.1. The van der Waals surface area contributed by atoms with Gasteiger partial charge in [-0.1, -0.05) is 13.3 Å². The molecule has 3 rings (SSSR count). The van der Waals surface area contributed by atoms with Gasteiger partial charge in [0.25, 0.3) is 0 Å². The number of anilines is 2. The number of esters is 1. The maximum Gasteiger partial charge on any atom is 0.360 e. The number of fused-ring (bicyclic) bond motifs is 1. The number of methoxy groups -OCH3 is 1. The normalized spacial score (nSPS) is 15.0. The van der Waals surface area contributed by atoms with Crippen molar-refractivity contribution >= 4 is 33.0 Å². The summed E-state index contributed by atoms with van der Waals surface area (Å²) in [5.41, 5.74) is -0.00890. The molecule has 12 heteroatoms. The second-order valence-electron chi connectivity index (χ2n) is 8.09. The lowest BCUT2D eigenvalue weighted by molar-refractivity contribution is 0.0588. The van der Waals surface area contributed by atoms with Crippen LogP contribution in [0.1, 0.15) is 30.3 Å². The first-order valence-corrected chi connectivity index (χ1v) is 12.6. The maximum absolute atomic E-state index is 13.5. The quantitative estimate of drug-likeness (QED) is 0.399. The average molecular weight is 482 g/mol. The summed E-state index contributed by atoms with van der Waals surface area (Å²) in [4.78, 5) is 34.5. The van der Waals surface area contributed by atoms with E-state index in [9.17, 15) is 18.0 Å². The van der Waals surface area contributed by atoms with E-state index in [-0.39, 0.29) is 29.4 Å². The van der Waals surface area contributed by atoms with E-state index < -0.39 is 21.6 Å². The van der Waals surface area contributed by atoms with Crippen LogP contribution in [0.2, 0.25) is 0 Å². The van der Waals surface area contributed by atoms with Gasteiger partial charge < -0.3 is 19.3 Å². The number of rotatable bonds is 8. The van der Waals surface area contributed by atoms with Gasteiger partial charge in [0.05, 0.1) is 31.3 Å². The predicted molar refractivity (Wildman–Crippen MR) is 126 cm³/mol. The number of carbonyl (C=O) groups excluding carboxylic acids is 1. The van der Waals surface area contributed by atoms with Crippen LogP contribution in [0.3, 0.4) is 0 Å². The van der Waals surface area contributed by atoms with Crippen molar-refractivity contribution < 1.29 is 22.7 Å². The number of nitrogens with zero attached hydrogens (tertiary/aromatic N) is 5. The van der Waals surface area contributed by atoms with Crippen LogP contribution in [-0.4, -0.2) is 88.9 Å². The minimum atomic E-state index is -3.68. The number of hydrogen-bond donors (Lipinski definition) is 0. The number of piperazine rings is 1. The third-order valence-electron chi connectivity index (χ3n) is 5.68. The van der Waals surface area contributed by atoms with Gasteiger partial charge in [0, 0.05) is 39.4 Å². The molecule has 2 aromatic heterocycles. The van der Waals surface area contributed by atoms with E-state index in [1.54, 1.807) is 12.3 Å².